The number of rotatable bonds is 5. The Morgan fingerprint density at radius 2 is 1.97 bits per heavy atom. The lowest BCUT2D eigenvalue weighted by molar-refractivity contribution is -0.113. The molecule has 0 bridgehead atoms. The first kappa shape index (κ1) is 20.7. The highest BCUT2D eigenvalue weighted by atomic mass is 79.9. The molecule has 3 heterocycles. The number of para-hydroxylation sites is 1. The third-order valence-electron chi connectivity index (χ3n) is 4.62. The van der Waals surface area contributed by atoms with E-state index in [9.17, 15) is 9.59 Å². The maximum absolute atomic E-state index is 13.2. The van der Waals surface area contributed by atoms with Crippen molar-refractivity contribution >= 4 is 72.0 Å². The molecule has 0 spiro atoms. The summed E-state index contributed by atoms with van der Waals surface area (Å²) in [7, 11) is 0. The molecule has 2 aromatic heterocycles. The molecule has 1 aliphatic rings. The van der Waals surface area contributed by atoms with Crippen LogP contribution in [-0.2, 0) is 11.2 Å². The quantitative estimate of drug-likeness (QED) is 0.289. The van der Waals surface area contributed by atoms with Crippen LogP contribution in [-0.4, -0.2) is 31.9 Å². The molecular weight excluding hydrogens is 516 g/mol. The summed E-state index contributed by atoms with van der Waals surface area (Å²) in [6.07, 6.45) is 0.766. The summed E-state index contributed by atoms with van der Waals surface area (Å²) in [5.41, 5.74) is 2.32. The summed E-state index contributed by atoms with van der Waals surface area (Å²) < 4.78 is 3.55. The molecule has 1 aliphatic heterocycles. The number of thiazole rings is 1. The Bertz CT molecular complexity index is 1320. The van der Waals surface area contributed by atoms with Crippen LogP contribution in [0.25, 0.3) is 15.9 Å². The fraction of sp³-hybridized carbons (Fsp3) is 0.143. The lowest BCUT2D eigenvalue weighted by atomic mass is 10.3. The van der Waals surface area contributed by atoms with Gasteiger partial charge >= 0.3 is 0 Å². The zero-order chi connectivity index (χ0) is 21.4. The first-order chi connectivity index (χ1) is 15.1. The number of halogens is 1. The van der Waals surface area contributed by atoms with E-state index in [1.165, 1.54) is 23.1 Å². The molecule has 0 unspecified atom stereocenters. The molecule has 2 aromatic carbocycles. The van der Waals surface area contributed by atoms with Crippen LogP contribution < -0.4 is 10.9 Å². The molecule has 10 heteroatoms. The second-order valence-corrected chi connectivity index (χ2v) is 10.7. The fourth-order valence-corrected chi connectivity index (χ4v) is 6.22. The van der Waals surface area contributed by atoms with Crippen molar-refractivity contribution in [1.29, 1.82) is 0 Å². The normalized spacial score (nSPS) is 12.8. The Kier molecular flexibility index (Phi) is 5.87. The maximum atomic E-state index is 13.2. The number of aromatic nitrogens is 3. The van der Waals surface area contributed by atoms with Crippen LogP contribution in [0.4, 0.5) is 5.13 Å². The number of hydrogen-bond donors (Lipinski definition) is 1. The minimum atomic E-state index is -0.185. The van der Waals surface area contributed by atoms with Crippen LogP contribution in [0.15, 0.2) is 67.9 Å². The number of aryl methyl sites for hydroxylation is 1. The van der Waals surface area contributed by atoms with Crippen LogP contribution in [0.1, 0.15) is 5.69 Å². The minimum absolute atomic E-state index is 0.0797. The van der Waals surface area contributed by atoms with Crippen molar-refractivity contribution in [3.05, 3.63) is 69.1 Å². The molecule has 0 radical (unpaired) electrons. The number of carbonyl (C=O) groups excluding carboxylic acids is 1. The topological polar surface area (TPSA) is 76.9 Å². The van der Waals surface area contributed by atoms with Crippen LogP contribution in [0.3, 0.4) is 0 Å². The minimum Gasteiger partial charge on any atom is -0.301 e. The van der Waals surface area contributed by atoms with Gasteiger partial charge in [-0.05, 0) is 36.4 Å². The van der Waals surface area contributed by atoms with Crippen LogP contribution in [0.2, 0.25) is 0 Å². The van der Waals surface area contributed by atoms with E-state index in [1.54, 1.807) is 16.3 Å². The monoisotopic (exact) mass is 530 g/mol. The van der Waals surface area contributed by atoms with Crippen LogP contribution in [0, 0.1) is 0 Å². The summed E-state index contributed by atoms with van der Waals surface area (Å²) in [5, 5.41) is 3.94. The van der Waals surface area contributed by atoms with Gasteiger partial charge < -0.3 is 5.32 Å². The molecular formula is C21H15BrN4O2S3. The summed E-state index contributed by atoms with van der Waals surface area (Å²) in [6, 6.07) is 15.3. The average Bonchev–Trinajstić information content (AvgIpc) is 3.39. The third kappa shape index (κ3) is 4.30. The van der Waals surface area contributed by atoms with Gasteiger partial charge in [0.2, 0.25) is 5.91 Å². The van der Waals surface area contributed by atoms with Gasteiger partial charge in [-0.25, -0.2) is 9.97 Å². The molecule has 1 N–H and O–H groups in total. The fourth-order valence-electron chi connectivity index (χ4n) is 3.22. The number of thioether (sulfide) groups is 2. The highest BCUT2D eigenvalue weighted by Gasteiger charge is 2.23. The van der Waals surface area contributed by atoms with E-state index in [0.717, 1.165) is 38.2 Å². The van der Waals surface area contributed by atoms with Crippen molar-refractivity contribution in [2.75, 3.05) is 16.8 Å². The van der Waals surface area contributed by atoms with E-state index < -0.39 is 0 Å². The van der Waals surface area contributed by atoms with Crippen molar-refractivity contribution in [1.82, 2.24) is 14.5 Å². The predicted molar refractivity (Wildman–Crippen MR) is 131 cm³/mol. The molecule has 4 aromatic rings. The number of carbonyl (C=O) groups is 1. The maximum Gasteiger partial charge on any atom is 0.272 e. The summed E-state index contributed by atoms with van der Waals surface area (Å²) in [5.74, 6) is 0.796. The number of benzene rings is 2. The van der Waals surface area contributed by atoms with E-state index in [-0.39, 0.29) is 17.2 Å². The van der Waals surface area contributed by atoms with Crippen molar-refractivity contribution in [2.24, 2.45) is 0 Å². The number of nitrogens with zero attached hydrogens (tertiary/aromatic N) is 3. The molecule has 31 heavy (non-hydrogen) atoms. The van der Waals surface area contributed by atoms with Gasteiger partial charge in [-0.2, -0.15) is 0 Å². The summed E-state index contributed by atoms with van der Waals surface area (Å²) >= 11 is 7.66. The van der Waals surface area contributed by atoms with Gasteiger partial charge in [0.05, 0.1) is 32.2 Å². The van der Waals surface area contributed by atoms with Crippen molar-refractivity contribution in [3.8, 4) is 5.69 Å². The number of hydrogen-bond acceptors (Lipinski definition) is 7. The van der Waals surface area contributed by atoms with Crippen LogP contribution in [0.5, 0.6) is 0 Å². The molecule has 0 atom stereocenters. The second kappa shape index (κ2) is 8.78. The lowest BCUT2D eigenvalue weighted by Gasteiger charge is -2.13. The Hall–Kier alpha value is -2.14. The van der Waals surface area contributed by atoms with E-state index in [4.69, 9.17) is 4.98 Å². The first-order valence-electron chi connectivity index (χ1n) is 9.41. The van der Waals surface area contributed by atoms with Crippen molar-refractivity contribution in [2.45, 2.75) is 16.5 Å². The third-order valence-corrected chi connectivity index (χ3v) is 8.15. The number of anilines is 1. The first-order valence-corrected chi connectivity index (χ1v) is 13.0. The number of amides is 1. The van der Waals surface area contributed by atoms with Gasteiger partial charge in [0, 0.05) is 16.6 Å². The summed E-state index contributed by atoms with van der Waals surface area (Å²) in [6.45, 7) is 0. The molecule has 0 aliphatic carbocycles. The SMILES string of the molecule is O=C(CSc1nc2c(c(=O)n1-c1ccc(Br)cc1)SCC2)Nc1nc2ccccc2s1. The Balaban J connectivity index is 1.40. The highest BCUT2D eigenvalue weighted by Crippen LogP contribution is 2.30. The van der Waals surface area contributed by atoms with Crippen LogP contribution >= 0.6 is 50.8 Å². The molecule has 156 valence electrons. The van der Waals surface area contributed by atoms with E-state index in [1.807, 2.05) is 48.5 Å². The van der Waals surface area contributed by atoms with Gasteiger partial charge in [-0.15, -0.1) is 11.8 Å². The standard InChI is InChI=1S/C21H15BrN4O2S3/c22-12-5-7-13(8-6-12)26-19(28)18-15(9-10-29-18)24-21(26)30-11-17(27)25-20-23-14-3-1-2-4-16(14)31-20/h1-8H,9-11H2,(H,23,25,27). The molecule has 5 rings (SSSR count). The van der Waals surface area contributed by atoms with Gasteiger partial charge in [-0.1, -0.05) is 51.2 Å². The zero-order valence-electron chi connectivity index (χ0n) is 16.0. The second-order valence-electron chi connectivity index (χ2n) is 6.71. The van der Waals surface area contributed by atoms with E-state index in [0.29, 0.717) is 15.2 Å². The molecule has 0 saturated carbocycles. The Morgan fingerprint density at radius 1 is 1.16 bits per heavy atom. The van der Waals surface area contributed by atoms with Crippen molar-refractivity contribution < 1.29 is 4.79 Å². The Labute approximate surface area is 198 Å². The molecule has 0 fully saturated rings. The van der Waals surface area contributed by atoms with Gasteiger partial charge in [0.25, 0.3) is 5.56 Å². The average molecular weight is 531 g/mol. The van der Waals surface area contributed by atoms with E-state index in [2.05, 4.69) is 26.2 Å². The smallest absolute Gasteiger partial charge is 0.272 e. The Morgan fingerprint density at radius 3 is 2.77 bits per heavy atom. The predicted octanol–water partition coefficient (Wildman–Crippen LogP) is 4.98. The van der Waals surface area contributed by atoms with E-state index >= 15 is 0 Å². The highest BCUT2D eigenvalue weighted by molar-refractivity contribution is 9.10. The summed E-state index contributed by atoms with van der Waals surface area (Å²) in [4.78, 5) is 35.6. The van der Waals surface area contributed by atoms with Crippen molar-refractivity contribution in [3.63, 3.8) is 0 Å². The molecule has 1 amide bonds. The zero-order valence-corrected chi connectivity index (χ0v) is 20.0. The molecule has 0 saturated heterocycles. The number of nitrogens with one attached hydrogen (secondary N) is 1. The number of fused-ring (bicyclic) bond motifs is 2. The largest absolute Gasteiger partial charge is 0.301 e. The van der Waals surface area contributed by atoms with Gasteiger partial charge in [-0.3, -0.25) is 14.2 Å². The lowest BCUT2D eigenvalue weighted by Crippen LogP contribution is -2.24. The van der Waals surface area contributed by atoms with Gasteiger partial charge in [0.15, 0.2) is 10.3 Å². The van der Waals surface area contributed by atoms with Gasteiger partial charge in [0.1, 0.15) is 0 Å². The molecule has 6 nitrogen and oxygen atoms in total.